The number of rotatable bonds is 9. The molecule has 1 unspecified atom stereocenters. The Morgan fingerprint density at radius 3 is 2.59 bits per heavy atom. The highest BCUT2D eigenvalue weighted by Gasteiger charge is 2.15. The molecule has 1 aliphatic rings. The monoisotopic (exact) mass is 487 g/mol. The van der Waals surface area contributed by atoms with Crippen LogP contribution in [-0.4, -0.2) is 38.1 Å². The Labute approximate surface area is 186 Å². The average Bonchev–Trinajstić information content (AvgIpc) is 2.73. The van der Waals surface area contributed by atoms with Crippen molar-refractivity contribution in [2.75, 3.05) is 26.9 Å². The van der Waals surface area contributed by atoms with E-state index in [0.717, 1.165) is 33.5 Å². The van der Waals surface area contributed by atoms with E-state index in [1.54, 1.807) is 7.11 Å². The Balaban J connectivity index is 0.00000300. The first kappa shape index (κ1) is 23.6. The van der Waals surface area contributed by atoms with E-state index in [2.05, 4.69) is 21.2 Å². The van der Waals surface area contributed by atoms with Gasteiger partial charge in [-0.3, -0.25) is 0 Å². The van der Waals surface area contributed by atoms with Crippen LogP contribution in [0.5, 0.6) is 23.0 Å². The Kier molecular flexibility index (Phi) is 9.36. The minimum absolute atomic E-state index is 0. The molecule has 0 spiro atoms. The summed E-state index contributed by atoms with van der Waals surface area (Å²) in [5, 5.41) is 12.6. The van der Waals surface area contributed by atoms with Crippen molar-refractivity contribution in [1.29, 1.82) is 0 Å². The van der Waals surface area contributed by atoms with Gasteiger partial charge in [-0.25, -0.2) is 0 Å². The molecule has 1 aliphatic heterocycles. The number of nitrogens with one attached hydrogen (secondary N) is 1. The summed E-state index contributed by atoms with van der Waals surface area (Å²) in [6.07, 6.45) is 0.867. The number of aliphatic hydroxyl groups excluding tert-OH is 1. The largest absolute Gasteiger partial charge is 0.493 e. The molecule has 3 rings (SSSR count). The quantitative estimate of drug-likeness (QED) is 0.554. The zero-order valence-corrected chi connectivity index (χ0v) is 19.0. The van der Waals surface area contributed by atoms with Gasteiger partial charge in [-0.05, 0) is 57.7 Å². The van der Waals surface area contributed by atoms with E-state index in [1.807, 2.05) is 37.3 Å². The standard InChI is InChI=1S/C21H26BrNO5.ClH/c1-3-16(12-24)23-11-15-8-17(22)21(20(10-15)25-2)28-13-14-4-5-18-19(9-14)27-7-6-26-18;/h4-5,8-10,16,23-24H,3,6-7,11-13H2,1-2H3;1H. The van der Waals surface area contributed by atoms with E-state index >= 15 is 0 Å². The maximum Gasteiger partial charge on any atom is 0.175 e. The fraction of sp³-hybridized carbons (Fsp3) is 0.429. The normalized spacial score (nSPS) is 13.4. The van der Waals surface area contributed by atoms with Crippen LogP contribution in [0.1, 0.15) is 24.5 Å². The van der Waals surface area contributed by atoms with E-state index < -0.39 is 0 Å². The van der Waals surface area contributed by atoms with Gasteiger partial charge in [-0.15, -0.1) is 12.4 Å². The lowest BCUT2D eigenvalue weighted by Gasteiger charge is -2.19. The highest BCUT2D eigenvalue weighted by Crippen LogP contribution is 2.38. The Hall–Kier alpha value is -1.67. The molecule has 2 aromatic rings. The summed E-state index contributed by atoms with van der Waals surface area (Å²) in [7, 11) is 1.62. The van der Waals surface area contributed by atoms with Crippen molar-refractivity contribution in [3.05, 3.63) is 45.9 Å². The van der Waals surface area contributed by atoms with Crippen LogP contribution in [-0.2, 0) is 13.2 Å². The molecule has 0 saturated heterocycles. The maximum atomic E-state index is 9.32. The molecule has 0 saturated carbocycles. The third-order valence-corrected chi connectivity index (χ3v) is 5.18. The first-order chi connectivity index (χ1) is 13.6. The Morgan fingerprint density at radius 1 is 1.14 bits per heavy atom. The lowest BCUT2D eigenvalue weighted by atomic mass is 10.1. The topological polar surface area (TPSA) is 69.2 Å². The lowest BCUT2D eigenvalue weighted by molar-refractivity contribution is 0.171. The van der Waals surface area contributed by atoms with E-state index in [-0.39, 0.29) is 25.1 Å². The second kappa shape index (κ2) is 11.5. The maximum absolute atomic E-state index is 9.32. The smallest absolute Gasteiger partial charge is 0.175 e. The van der Waals surface area contributed by atoms with Crippen molar-refractivity contribution in [2.24, 2.45) is 0 Å². The van der Waals surface area contributed by atoms with Gasteiger partial charge in [-0.1, -0.05) is 13.0 Å². The Morgan fingerprint density at radius 2 is 1.90 bits per heavy atom. The summed E-state index contributed by atoms with van der Waals surface area (Å²) >= 11 is 3.59. The number of aliphatic hydroxyl groups is 1. The van der Waals surface area contributed by atoms with Crippen LogP contribution in [0, 0.1) is 0 Å². The zero-order valence-electron chi connectivity index (χ0n) is 16.6. The number of benzene rings is 2. The van der Waals surface area contributed by atoms with Crippen molar-refractivity contribution >= 4 is 28.3 Å². The summed E-state index contributed by atoms with van der Waals surface area (Å²) in [6, 6.07) is 9.83. The first-order valence-corrected chi connectivity index (χ1v) is 10.2. The molecule has 160 valence electrons. The van der Waals surface area contributed by atoms with E-state index in [1.165, 1.54) is 0 Å². The van der Waals surface area contributed by atoms with Crippen molar-refractivity contribution in [3.63, 3.8) is 0 Å². The molecule has 2 aromatic carbocycles. The lowest BCUT2D eigenvalue weighted by Crippen LogP contribution is -2.31. The molecular weight excluding hydrogens is 462 g/mol. The van der Waals surface area contributed by atoms with Crippen LogP contribution in [0.3, 0.4) is 0 Å². The van der Waals surface area contributed by atoms with Crippen LogP contribution in [0.15, 0.2) is 34.8 Å². The highest BCUT2D eigenvalue weighted by molar-refractivity contribution is 9.10. The van der Waals surface area contributed by atoms with Crippen LogP contribution < -0.4 is 24.3 Å². The third-order valence-electron chi connectivity index (χ3n) is 4.59. The van der Waals surface area contributed by atoms with Gasteiger partial charge in [-0.2, -0.15) is 0 Å². The highest BCUT2D eigenvalue weighted by atomic mass is 79.9. The van der Waals surface area contributed by atoms with Crippen LogP contribution in [0.2, 0.25) is 0 Å². The van der Waals surface area contributed by atoms with Crippen molar-refractivity contribution in [3.8, 4) is 23.0 Å². The van der Waals surface area contributed by atoms with Gasteiger partial charge < -0.3 is 29.4 Å². The first-order valence-electron chi connectivity index (χ1n) is 9.36. The fourth-order valence-electron chi connectivity index (χ4n) is 2.95. The molecule has 0 bridgehead atoms. The Bertz CT molecular complexity index is 801. The predicted octanol–water partition coefficient (Wildman–Crippen LogP) is 4.09. The van der Waals surface area contributed by atoms with Gasteiger partial charge in [0.2, 0.25) is 0 Å². The minimum atomic E-state index is 0. The molecule has 0 aliphatic carbocycles. The molecule has 0 radical (unpaired) electrons. The molecule has 8 heteroatoms. The number of halogens is 2. The van der Waals surface area contributed by atoms with E-state index in [9.17, 15) is 5.11 Å². The fourth-order valence-corrected chi connectivity index (χ4v) is 3.55. The number of methoxy groups -OCH3 is 1. The number of ether oxygens (including phenoxy) is 4. The number of fused-ring (bicyclic) bond motifs is 1. The second-order valence-corrected chi connectivity index (χ2v) is 7.40. The second-order valence-electron chi connectivity index (χ2n) is 6.54. The van der Waals surface area contributed by atoms with Gasteiger partial charge in [0, 0.05) is 12.6 Å². The molecule has 0 fully saturated rings. The van der Waals surface area contributed by atoms with Gasteiger partial charge >= 0.3 is 0 Å². The third kappa shape index (κ3) is 6.15. The van der Waals surface area contributed by atoms with Crippen molar-refractivity contribution in [2.45, 2.75) is 32.5 Å². The molecule has 6 nitrogen and oxygen atoms in total. The van der Waals surface area contributed by atoms with Gasteiger partial charge in [0.1, 0.15) is 19.8 Å². The number of hydrogen-bond acceptors (Lipinski definition) is 6. The van der Waals surface area contributed by atoms with Gasteiger partial charge in [0.25, 0.3) is 0 Å². The molecular formula is C21H27BrClNO5. The molecule has 1 atom stereocenters. The van der Waals surface area contributed by atoms with E-state index in [4.69, 9.17) is 18.9 Å². The molecule has 0 amide bonds. The molecule has 29 heavy (non-hydrogen) atoms. The van der Waals surface area contributed by atoms with Gasteiger partial charge in [0.15, 0.2) is 23.0 Å². The average molecular weight is 489 g/mol. The van der Waals surface area contributed by atoms with E-state index in [0.29, 0.717) is 37.9 Å². The molecule has 2 N–H and O–H groups in total. The van der Waals surface area contributed by atoms with Crippen molar-refractivity contribution < 1.29 is 24.1 Å². The summed E-state index contributed by atoms with van der Waals surface area (Å²) in [6.45, 7) is 4.31. The van der Waals surface area contributed by atoms with Crippen molar-refractivity contribution in [1.82, 2.24) is 5.32 Å². The number of hydrogen-bond donors (Lipinski definition) is 2. The van der Waals surface area contributed by atoms with Crippen LogP contribution in [0.25, 0.3) is 0 Å². The van der Waals surface area contributed by atoms with Crippen LogP contribution in [0.4, 0.5) is 0 Å². The summed E-state index contributed by atoms with van der Waals surface area (Å²) < 4.78 is 23.6. The summed E-state index contributed by atoms with van der Waals surface area (Å²) in [5.74, 6) is 2.81. The molecule has 1 heterocycles. The minimum Gasteiger partial charge on any atom is -0.493 e. The SMILES string of the molecule is CCC(CO)NCc1cc(Br)c(OCc2ccc3c(c2)OCCO3)c(OC)c1.Cl. The predicted molar refractivity (Wildman–Crippen MR) is 118 cm³/mol. The molecule has 0 aromatic heterocycles. The summed E-state index contributed by atoms with van der Waals surface area (Å²) in [4.78, 5) is 0. The zero-order chi connectivity index (χ0) is 19.9. The van der Waals surface area contributed by atoms with Gasteiger partial charge in [0.05, 0.1) is 18.2 Å². The summed E-state index contributed by atoms with van der Waals surface area (Å²) in [5.41, 5.74) is 2.03. The van der Waals surface area contributed by atoms with Crippen LogP contribution >= 0.6 is 28.3 Å².